The van der Waals surface area contributed by atoms with E-state index >= 15 is 0 Å². The zero-order valence-corrected chi connectivity index (χ0v) is 16.7. The minimum absolute atomic E-state index is 0.253. The average molecular weight is 420 g/mol. The maximum absolute atomic E-state index is 12.9. The van der Waals surface area contributed by atoms with Gasteiger partial charge in [0.25, 0.3) is 0 Å². The van der Waals surface area contributed by atoms with Gasteiger partial charge < -0.3 is 15.5 Å². The zero-order chi connectivity index (χ0) is 21.9. The highest BCUT2D eigenvalue weighted by molar-refractivity contribution is 5.88. The Morgan fingerprint density at radius 2 is 1.90 bits per heavy atom. The Kier molecular flexibility index (Phi) is 6.28. The maximum atomic E-state index is 12.9. The van der Waals surface area contributed by atoms with E-state index < -0.39 is 30.0 Å². The van der Waals surface area contributed by atoms with Crippen molar-refractivity contribution in [3.63, 3.8) is 0 Å². The monoisotopic (exact) mass is 420 g/mol. The van der Waals surface area contributed by atoms with E-state index in [1.165, 1.54) is 11.0 Å². The van der Waals surface area contributed by atoms with Crippen molar-refractivity contribution in [3.8, 4) is 0 Å². The van der Waals surface area contributed by atoms with Gasteiger partial charge in [0.1, 0.15) is 11.7 Å². The molecule has 2 N–H and O–H groups in total. The Labute approximate surface area is 172 Å². The number of rotatable bonds is 4. The van der Waals surface area contributed by atoms with E-state index in [9.17, 15) is 22.8 Å². The van der Waals surface area contributed by atoms with Crippen LogP contribution >= 0.6 is 0 Å². The third-order valence-electron chi connectivity index (χ3n) is 5.16. The SMILES string of the molecule is CCc1ccc(C(NC(=O)N2CCNC(=O)C2C)c2ccc(C(F)(F)F)nc2)cc1. The van der Waals surface area contributed by atoms with E-state index in [4.69, 9.17) is 0 Å². The van der Waals surface area contributed by atoms with Gasteiger partial charge in [0.05, 0.1) is 6.04 Å². The summed E-state index contributed by atoms with van der Waals surface area (Å²) < 4.78 is 38.6. The van der Waals surface area contributed by atoms with E-state index in [2.05, 4.69) is 15.6 Å². The molecular weight excluding hydrogens is 397 g/mol. The lowest BCUT2D eigenvalue weighted by atomic mass is 9.98. The minimum Gasteiger partial charge on any atom is -0.353 e. The van der Waals surface area contributed by atoms with Crippen molar-refractivity contribution in [1.29, 1.82) is 0 Å². The van der Waals surface area contributed by atoms with Gasteiger partial charge in [-0.05, 0) is 36.1 Å². The van der Waals surface area contributed by atoms with Crippen LogP contribution in [-0.4, -0.2) is 41.0 Å². The Morgan fingerprint density at radius 3 is 2.47 bits per heavy atom. The molecule has 2 heterocycles. The number of aryl methyl sites for hydroxylation is 1. The molecular formula is C21H23F3N4O2. The first-order valence-corrected chi connectivity index (χ1v) is 9.67. The number of alkyl halides is 3. The normalized spacial score (nSPS) is 18.0. The Hall–Kier alpha value is -3.10. The van der Waals surface area contributed by atoms with E-state index in [0.29, 0.717) is 24.2 Å². The number of pyridine rings is 1. The van der Waals surface area contributed by atoms with Crippen molar-refractivity contribution < 1.29 is 22.8 Å². The summed E-state index contributed by atoms with van der Waals surface area (Å²) in [7, 11) is 0. The van der Waals surface area contributed by atoms with Gasteiger partial charge >= 0.3 is 12.2 Å². The lowest BCUT2D eigenvalue weighted by Crippen LogP contribution is -2.58. The summed E-state index contributed by atoms with van der Waals surface area (Å²) >= 11 is 0. The van der Waals surface area contributed by atoms with Crippen LogP contribution in [-0.2, 0) is 17.4 Å². The molecule has 6 nitrogen and oxygen atoms in total. The smallest absolute Gasteiger partial charge is 0.353 e. The second-order valence-electron chi connectivity index (χ2n) is 7.11. The van der Waals surface area contributed by atoms with Gasteiger partial charge in [0, 0.05) is 19.3 Å². The Bertz CT molecular complexity index is 898. The fourth-order valence-corrected chi connectivity index (χ4v) is 3.31. The highest BCUT2D eigenvalue weighted by atomic mass is 19.4. The number of carbonyl (C=O) groups excluding carboxylic acids is 2. The number of hydrogen-bond donors (Lipinski definition) is 2. The third kappa shape index (κ3) is 4.72. The molecule has 1 fully saturated rings. The number of benzene rings is 1. The van der Waals surface area contributed by atoms with Gasteiger partial charge in [-0.15, -0.1) is 0 Å². The van der Waals surface area contributed by atoms with Crippen LogP contribution in [0.3, 0.4) is 0 Å². The summed E-state index contributed by atoms with van der Waals surface area (Å²) in [4.78, 5) is 29.7. The van der Waals surface area contributed by atoms with Crippen molar-refractivity contribution >= 4 is 11.9 Å². The predicted molar refractivity (Wildman–Crippen MR) is 105 cm³/mol. The quantitative estimate of drug-likeness (QED) is 0.797. The second-order valence-corrected chi connectivity index (χ2v) is 7.11. The summed E-state index contributed by atoms with van der Waals surface area (Å²) in [6.07, 6.45) is -2.59. The number of halogens is 3. The van der Waals surface area contributed by atoms with Crippen LogP contribution in [0.1, 0.15) is 42.3 Å². The number of nitrogens with zero attached hydrogens (tertiary/aromatic N) is 2. The molecule has 0 spiro atoms. The highest BCUT2D eigenvalue weighted by Gasteiger charge is 2.33. The van der Waals surface area contributed by atoms with E-state index in [1.54, 1.807) is 6.92 Å². The van der Waals surface area contributed by atoms with Crippen molar-refractivity contribution in [2.24, 2.45) is 0 Å². The molecule has 1 aromatic heterocycles. The zero-order valence-electron chi connectivity index (χ0n) is 16.7. The molecule has 1 aliphatic rings. The summed E-state index contributed by atoms with van der Waals surface area (Å²) in [5.74, 6) is -0.253. The minimum atomic E-state index is -4.54. The first-order valence-electron chi connectivity index (χ1n) is 9.67. The molecule has 0 saturated carbocycles. The molecule has 30 heavy (non-hydrogen) atoms. The van der Waals surface area contributed by atoms with Crippen molar-refractivity contribution in [2.75, 3.05) is 13.1 Å². The second kappa shape index (κ2) is 8.73. The molecule has 1 saturated heterocycles. The maximum Gasteiger partial charge on any atom is 0.433 e. The summed E-state index contributed by atoms with van der Waals surface area (Å²) in [5.41, 5.74) is 1.21. The summed E-state index contributed by atoms with van der Waals surface area (Å²) in [5, 5.41) is 5.54. The molecule has 1 aliphatic heterocycles. The number of nitrogens with one attached hydrogen (secondary N) is 2. The van der Waals surface area contributed by atoms with Crippen molar-refractivity contribution in [1.82, 2.24) is 20.5 Å². The van der Waals surface area contributed by atoms with Gasteiger partial charge in [0.2, 0.25) is 5.91 Å². The van der Waals surface area contributed by atoms with E-state index in [0.717, 1.165) is 24.2 Å². The van der Waals surface area contributed by atoms with Crippen LogP contribution in [0.15, 0.2) is 42.6 Å². The molecule has 2 unspecified atom stereocenters. The molecule has 3 rings (SSSR count). The van der Waals surface area contributed by atoms with Crippen LogP contribution in [0.5, 0.6) is 0 Å². The fourth-order valence-electron chi connectivity index (χ4n) is 3.31. The number of aromatic nitrogens is 1. The van der Waals surface area contributed by atoms with Crippen LogP contribution in [0.4, 0.5) is 18.0 Å². The topological polar surface area (TPSA) is 74.3 Å². The number of carbonyl (C=O) groups is 2. The molecule has 0 bridgehead atoms. The van der Waals surface area contributed by atoms with Crippen molar-refractivity contribution in [2.45, 2.75) is 38.5 Å². The van der Waals surface area contributed by atoms with Crippen LogP contribution in [0, 0.1) is 0 Å². The molecule has 2 atom stereocenters. The Morgan fingerprint density at radius 1 is 1.23 bits per heavy atom. The van der Waals surface area contributed by atoms with Crippen molar-refractivity contribution in [3.05, 3.63) is 65.0 Å². The molecule has 9 heteroatoms. The lowest BCUT2D eigenvalue weighted by Gasteiger charge is -2.34. The van der Waals surface area contributed by atoms with Gasteiger partial charge in [-0.1, -0.05) is 37.3 Å². The standard InChI is InChI=1S/C21H23F3N4O2/c1-3-14-4-6-15(7-5-14)18(16-8-9-17(26-12-16)21(22,23)24)27-20(30)28-11-10-25-19(29)13(28)2/h4-9,12-13,18H,3,10-11H2,1-2H3,(H,25,29)(H,27,30). The molecule has 160 valence electrons. The first-order chi connectivity index (χ1) is 14.2. The molecule has 3 amide bonds. The van der Waals surface area contributed by atoms with Crippen LogP contribution in [0.25, 0.3) is 0 Å². The van der Waals surface area contributed by atoms with Crippen LogP contribution in [0.2, 0.25) is 0 Å². The first kappa shape index (κ1) is 21.6. The van der Waals surface area contributed by atoms with Gasteiger partial charge in [-0.2, -0.15) is 13.2 Å². The van der Waals surface area contributed by atoms with Gasteiger partial charge in [0.15, 0.2) is 0 Å². The number of amides is 3. The summed E-state index contributed by atoms with van der Waals surface area (Å²) in [6.45, 7) is 4.31. The average Bonchev–Trinajstić information content (AvgIpc) is 2.73. The highest BCUT2D eigenvalue weighted by Crippen LogP contribution is 2.29. The molecule has 0 aliphatic carbocycles. The van der Waals surface area contributed by atoms with Crippen LogP contribution < -0.4 is 10.6 Å². The summed E-state index contributed by atoms with van der Waals surface area (Å²) in [6, 6.07) is 7.84. The molecule has 0 radical (unpaired) electrons. The Balaban J connectivity index is 1.91. The van der Waals surface area contributed by atoms with E-state index in [1.807, 2.05) is 31.2 Å². The predicted octanol–water partition coefficient (Wildman–Crippen LogP) is 3.28. The number of piperazine rings is 1. The largest absolute Gasteiger partial charge is 0.433 e. The lowest BCUT2D eigenvalue weighted by molar-refractivity contribution is -0.141. The molecule has 1 aromatic carbocycles. The van der Waals surface area contributed by atoms with Gasteiger partial charge in [-0.25, -0.2) is 4.79 Å². The molecule has 2 aromatic rings. The fraction of sp³-hybridized carbons (Fsp3) is 0.381. The third-order valence-corrected chi connectivity index (χ3v) is 5.16. The number of hydrogen-bond acceptors (Lipinski definition) is 3. The van der Waals surface area contributed by atoms with E-state index in [-0.39, 0.29) is 5.91 Å². The number of urea groups is 1. The van der Waals surface area contributed by atoms with Gasteiger partial charge in [-0.3, -0.25) is 9.78 Å².